The van der Waals surface area contributed by atoms with Crippen molar-refractivity contribution in [2.45, 2.75) is 17.2 Å². The van der Waals surface area contributed by atoms with Crippen molar-refractivity contribution in [3.63, 3.8) is 0 Å². The molecule has 2 atom stereocenters. The lowest BCUT2D eigenvalue weighted by molar-refractivity contribution is 0.0955. The van der Waals surface area contributed by atoms with Crippen molar-refractivity contribution in [3.8, 4) is 0 Å². The normalized spacial score (nSPS) is 22.0. The Morgan fingerprint density at radius 1 is 1.13 bits per heavy atom. The highest BCUT2D eigenvalue weighted by molar-refractivity contribution is 6.53. The molecule has 3 rings (SSSR count). The van der Waals surface area contributed by atoms with E-state index in [0.717, 1.165) is 11.1 Å². The minimum atomic E-state index is -0.876. The molecule has 3 nitrogen and oxygen atoms in total. The van der Waals surface area contributed by atoms with Gasteiger partial charge in [-0.3, -0.25) is 4.79 Å². The molecule has 1 saturated carbocycles. The van der Waals surface area contributed by atoms with E-state index < -0.39 is 4.33 Å². The number of hydrazone groups is 1. The fourth-order valence-electron chi connectivity index (χ4n) is 2.57. The maximum atomic E-state index is 12.0. The summed E-state index contributed by atoms with van der Waals surface area (Å²) < 4.78 is -0.876. The van der Waals surface area contributed by atoms with Gasteiger partial charge in [0.15, 0.2) is 0 Å². The van der Waals surface area contributed by atoms with Crippen LogP contribution < -0.4 is 5.43 Å². The van der Waals surface area contributed by atoms with E-state index in [1.54, 1.807) is 18.3 Å². The molecular formula is C18H16Cl2N2O. The van der Waals surface area contributed by atoms with Crippen LogP contribution in [-0.2, 0) is 0 Å². The zero-order chi connectivity index (χ0) is 16.4. The van der Waals surface area contributed by atoms with E-state index in [0.29, 0.717) is 5.56 Å². The van der Waals surface area contributed by atoms with Gasteiger partial charge >= 0.3 is 0 Å². The van der Waals surface area contributed by atoms with Crippen LogP contribution in [0.25, 0.3) is 0 Å². The molecule has 0 aromatic heterocycles. The Bertz CT molecular complexity index is 726. The largest absolute Gasteiger partial charge is 0.271 e. The number of nitrogens with zero attached hydrogens (tertiary/aromatic N) is 1. The minimum Gasteiger partial charge on any atom is -0.267 e. The van der Waals surface area contributed by atoms with Gasteiger partial charge < -0.3 is 0 Å². The van der Waals surface area contributed by atoms with Crippen LogP contribution in [0.5, 0.6) is 0 Å². The highest BCUT2D eigenvalue weighted by Crippen LogP contribution is 2.63. The Kier molecular flexibility index (Phi) is 4.42. The maximum Gasteiger partial charge on any atom is 0.271 e. The molecule has 1 amide bonds. The first kappa shape index (κ1) is 16.0. The minimum absolute atomic E-state index is 0.00735. The number of benzene rings is 2. The monoisotopic (exact) mass is 346 g/mol. The number of rotatable bonds is 4. The summed E-state index contributed by atoms with van der Waals surface area (Å²) in [4.78, 5) is 12.0. The molecule has 2 aromatic carbocycles. The summed E-state index contributed by atoms with van der Waals surface area (Å²) in [6.45, 7) is 1.97. The van der Waals surface area contributed by atoms with Gasteiger partial charge in [-0.05, 0) is 24.6 Å². The van der Waals surface area contributed by atoms with Crippen molar-refractivity contribution in [3.05, 3.63) is 71.3 Å². The zero-order valence-corrected chi connectivity index (χ0v) is 14.1. The molecule has 2 aromatic rings. The van der Waals surface area contributed by atoms with Gasteiger partial charge in [-0.1, -0.05) is 48.0 Å². The highest BCUT2D eigenvalue weighted by Gasteiger charge is 2.63. The van der Waals surface area contributed by atoms with E-state index in [1.807, 2.05) is 49.4 Å². The molecule has 118 valence electrons. The van der Waals surface area contributed by atoms with Gasteiger partial charge in [0.05, 0.1) is 0 Å². The van der Waals surface area contributed by atoms with Crippen molar-refractivity contribution in [1.82, 2.24) is 5.43 Å². The molecular weight excluding hydrogens is 331 g/mol. The molecule has 5 heteroatoms. The summed E-state index contributed by atoms with van der Waals surface area (Å²) in [6.07, 6.45) is 1.61. The van der Waals surface area contributed by atoms with Gasteiger partial charge in [0, 0.05) is 23.6 Å². The van der Waals surface area contributed by atoms with Crippen LogP contribution in [0.3, 0.4) is 0 Å². The second-order valence-electron chi connectivity index (χ2n) is 5.67. The standard InChI is InChI=1S/C18H16Cl2N2O/c1-12-7-9-14(10-8-12)17(23)22-21-11-15-16(18(15,19)20)13-5-3-2-4-6-13/h2-11,15-16H,1H3,(H,22,23)/b21-11-/t15-,16-/m0/s1. The van der Waals surface area contributed by atoms with Crippen molar-refractivity contribution in [1.29, 1.82) is 0 Å². The second kappa shape index (κ2) is 6.34. The Morgan fingerprint density at radius 3 is 2.43 bits per heavy atom. The lowest BCUT2D eigenvalue weighted by Crippen LogP contribution is -2.17. The van der Waals surface area contributed by atoms with E-state index >= 15 is 0 Å². The predicted octanol–water partition coefficient (Wildman–Crippen LogP) is 4.30. The molecule has 1 aliphatic carbocycles. The van der Waals surface area contributed by atoms with Crippen LogP contribution >= 0.6 is 23.2 Å². The van der Waals surface area contributed by atoms with Crippen LogP contribution in [0.15, 0.2) is 59.7 Å². The molecule has 23 heavy (non-hydrogen) atoms. The van der Waals surface area contributed by atoms with Gasteiger partial charge in [-0.25, -0.2) is 5.43 Å². The number of alkyl halides is 2. The molecule has 1 aliphatic rings. The van der Waals surface area contributed by atoms with E-state index in [9.17, 15) is 4.79 Å². The van der Waals surface area contributed by atoms with E-state index in [1.165, 1.54) is 0 Å². The van der Waals surface area contributed by atoms with Gasteiger partial charge in [0.1, 0.15) is 4.33 Å². The number of amides is 1. The lowest BCUT2D eigenvalue weighted by Gasteiger charge is -2.00. The number of aryl methyl sites for hydroxylation is 1. The van der Waals surface area contributed by atoms with Gasteiger partial charge in [0.25, 0.3) is 5.91 Å². The zero-order valence-electron chi connectivity index (χ0n) is 12.5. The number of carbonyl (C=O) groups excluding carboxylic acids is 1. The fraction of sp³-hybridized carbons (Fsp3) is 0.222. The van der Waals surface area contributed by atoms with Gasteiger partial charge in [0.2, 0.25) is 0 Å². The number of carbonyl (C=O) groups is 1. The van der Waals surface area contributed by atoms with Crippen molar-refractivity contribution in [2.75, 3.05) is 0 Å². The molecule has 0 spiro atoms. The Morgan fingerprint density at radius 2 is 1.78 bits per heavy atom. The van der Waals surface area contributed by atoms with Crippen LogP contribution in [0, 0.1) is 12.8 Å². The molecule has 0 heterocycles. The average molecular weight is 347 g/mol. The van der Waals surface area contributed by atoms with Crippen LogP contribution in [-0.4, -0.2) is 16.5 Å². The third-order valence-electron chi connectivity index (χ3n) is 3.98. The van der Waals surface area contributed by atoms with Crippen LogP contribution in [0.2, 0.25) is 0 Å². The SMILES string of the molecule is Cc1ccc(C(=O)N/N=C\[C@H]2[C@H](c3ccccc3)C2(Cl)Cl)cc1. The first-order valence-electron chi connectivity index (χ1n) is 7.33. The van der Waals surface area contributed by atoms with Crippen LogP contribution in [0.4, 0.5) is 0 Å². The Labute approximate surface area is 145 Å². The predicted molar refractivity (Wildman–Crippen MR) is 94.2 cm³/mol. The molecule has 0 aliphatic heterocycles. The summed E-state index contributed by atoms with van der Waals surface area (Å²) in [7, 11) is 0. The Balaban J connectivity index is 1.62. The summed E-state index contributed by atoms with van der Waals surface area (Å²) in [6, 6.07) is 17.1. The summed E-state index contributed by atoms with van der Waals surface area (Å²) in [5.74, 6) is -0.383. The van der Waals surface area contributed by atoms with Crippen molar-refractivity contribution in [2.24, 2.45) is 11.0 Å². The molecule has 0 unspecified atom stereocenters. The third kappa shape index (κ3) is 3.41. The number of nitrogens with one attached hydrogen (secondary N) is 1. The highest BCUT2D eigenvalue weighted by atomic mass is 35.5. The first-order valence-corrected chi connectivity index (χ1v) is 8.08. The first-order chi connectivity index (χ1) is 11.0. The average Bonchev–Trinajstić information content (AvgIpc) is 3.09. The van der Waals surface area contributed by atoms with Crippen LogP contribution in [0.1, 0.15) is 27.4 Å². The second-order valence-corrected chi connectivity index (χ2v) is 7.12. The van der Waals surface area contributed by atoms with E-state index in [4.69, 9.17) is 23.2 Å². The van der Waals surface area contributed by atoms with E-state index in [2.05, 4.69) is 10.5 Å². The summed E-state index contributed by atoms with van der Waals surface area (Å²) in [5.41, 5.74) is 5.24. The van der Waals surface area contributed by atoms with Gasteiger partial charge in [-0.15, -0.1) is 23.2 Å². The molecule has 1 fully saturated rings. The molecule has 0 saturated heterocycles. The van der Waals surface area contributed by atoms with Crippen molar-refractivity contribution < 1.29 is 4.79 Å². The summed E-state index contributed by atoms with van der Waals surface area (Å²) >= 11 is 12.6. The fourth-order valence-corrected chi connectivity index (χ4v) is 3.33. The van der Waals surface area contributed by atoms with Crippen molar-refractivity contribution >= 4 is 35.3 Å². The topological polar surface area (TPSA) is 41.5 Å². The lowest BCUT2D eigenvalue weighted by atomic mass is 10.1. The number of hydrogen-bond donors (Lipinski definition) is 1. The van der Waals surface area contributed by atoms with E-state index in [-0.39, 0.29) is 17.7 Å². The molecule has 1 N–H and O–H groups in total. The number of halogens is 2. The number of hydrogen-bond acceptors (Lipinski definition) is 2. The summed E-state index contributed by atoms with van der Waals surface area (Å²) in [5, 5.41) is 4.01. The maximum absolute atomic E-state index is 12.0. The Hall–Kier alpha value is -1.84. The molecule has 0 radical (unpaired) electrons. The molecule has 0 bridgehead atoms. The van der Waals surface area contributed by atoms with Gasteiger partial charge in [-0.2, -0.15) is 5.10 Å². The third-order valence-corrected chi connectivity index (χ3v) is 4.96. The quantitative estimate of drug-likeness (QED) is 0.500. The smallest absolute Gasteiger partial charge is 0.267 e.